The van der Waals surface area contributed by atoms with Crippen LogP contribution in [0.1, 0.15) is 30.1 Å². The van der Waals surface area contributed by atoms with E-state index in [1.165, 1.54) is 25.0 Å². The summed E-state index contributed by atoms with van der Waals surface area (Å²) in [6.45, 7) is 0.556. The molecule has 1 heterocycles. The predicted molar refractivity (Wildman–Crippen MR) is 63.3 cm³/mol. The molecule has 19 heavy (non-hydrogen) atoms. The second-order valence-corrected chi connectivity index (χ2v) is 4.67. The van der Waals surface area contributed by atoms with Gasteiger partial charge in [-0.2, -0.15) is 4.98 Å². The maximum atomic E-state index is 13.5. The maximum Gasteiger partial charge on any atom is 0.231 e. The quantitative estimate of drug-likeness (QED) is 0.900. The first-order valence-corrected chi connectivity index (χ1v) is 6.19. The summed E-state index contributed by atoms with van der Waals surface area (Å²) in [4.78, 5) is 4.17. The molecule has 4 nitrogen and oxygen atoms in total. The third-order valence-corrected chi connectivity index (χ3v) is 2.99. The van der Waals surface area contributed by atoms with Gasteiger partial charge in [0, 0.05) is 12.1 Å². The zero-order valence-electron chi connectivity index (χ0n) is 10.2. The lowest BCUT2D eigenvalue weighted by molar-refractivity contribution is 0.376. The fourth-order valence-corrected chi connectivity index (χ4v) is 1.78. The number of aromatic nitrogens is 2. The van der Waals surface area contributed by atoms with Gasteiger partial charge in [-0.25, -0.2) is 8.78 Å². The van der Waals surface area contributed by atoms with E-state index in [-0.39, 0.29) is 6.42 Å². The molecule has 3 rings (SSSR count). The van der Waals surface area contributed by atoms with Gasteiger partial charge < -0.3 is 9.84 Å². The van der Waals surface area contributed by atoms with Crippen molar-refractivity contribution in [3.05, 3.63) is 47.1 Å². The van der Waals surface area contributed by atoms with E-state index < -0.39 is 11.6 Å². The van der Waals surface area contributed by atoms with Crippen LogP contribution in [0.15, 0.2) is 22.7 Å². The van der Waals surface area contributed by atoms with Crippen LogP contribution in [0.2, 0.25) is 0 Å². The zero-order valence-corrected chi connectivity index (χ0v) is 10.2. The molecule has 0 amide bonds. The van der Waals surface area contributed by atoms with Gasteiger partial charge in [-0.15, -0.1) is 0 Å². The minimum atomic E-state index is -0.601. The van der Waals surface area contributed by atoms with Crippen molar-refractivity contribution >= 4 is 0 Å². The average Bonchev–Trinajstić information content (AvgIpc) is 3.10. The van der Waals surface area contributed by atoms with Crippen LogP contribution >= 0.6 is 0 Å². The Bertz CT molecular complexity index is 581. The highest BCUT2D eigenvalue weighted by atomic mass is 19.1. The SMILES string of the molecule is Fc1ccc(Cc2nc(CNC3CC3)no2)c(F)c1. The Morgan fingerprint density at radius 2 is 2.16 bits per heavy atom. The molecule has 100 valence electrons. The molecule has 1 N–H and O–H groups in total. The molecule has 0 saturated heterocycles. The molecule has 0 spiro atoms. The summed E-state index contributed by atoms with van der Waals surface area (Å²) in [5, 5.41) is 7.07. The van der Waals surface area contributed by atoms with E-state index >= 15 is 0 Å². The van der Waals surface area contributed by atoms with Crippen molar-refractivity contribution < 1.29 is 13.3 Å². The topological polar surface area (TPSA) is 51.0 Å². The fourth-order valence-electron chi connectivity index (χ4n) is 1.78. The summed E-state index contributed by atoms with van der Waals surface area (Å²) in [6, 6.07) is 4.01. The van der Waals surface area contributed by atoms with Crippen molar-refractivity contribution in [2.45, 2.75) is 31.8 Å². The highest BCUT2D eigenvalue weighted by Crippen LogP contribution is 2.19. The summed E-state index contributed by atoms with van der Waals surface area (Å²) < 4.78 is 31.3. The monoisotopic (exact) mass is 265 g/mol. The van der Waals surface area contributed by atoms with E-state index in [2.05, 4.69) is 15.5 Å². The van der Waals surface area contributed by atoms with Crippen LogP contribution < -0.4 is 5.32 Å². The van der Waals surface area contributed by atoms with E-state index in [4.69, 9.17) is 4.52 Å². The number of hydrogen-bond acceptors (Lipinski definition) is 4. The Morgan fingerprint density at radius 3 is 2.89 bits per heavy atom. The van der Waals surface area contributed by atoms with Gasteiger partial charge in [-0.05, 0) is 24.5 Å². The van der Waals surface area contributed by atoms with E-state index in [1.54, 1.807) is 0 Å². The largest absolute Gasteiger partial charge is 0.339 e. The minimum absolute atomic E-state index is 0.169. The van der Waals surface area contributed by atoms with Crippen LogP contribution in [0.5, 0.6) is 0 Å². The maximum absolute atomic E-state index is 13.5. The van der Waals surface area contributed by atoms with Crippen LogP contribution in [0, 0.1) is 11.6 Å². The molecule has 1 aliphatic carbocycles. The number of benzene rings is 1. The van der Waals surface area contributed by atoms with Gasteiger partial charge >= 0.3 is 0 Å². The Kier molecular flexibility index (Phi) is 3.25. The Morgan fingerprint density at radius 1 is 1.32 bits per heavy atom. The summed E-state index contributed by atoms with van der Waals surface area (Å²) in [6.07, 6.45) is 2.54. The fraction of sp³-hybridized carbons (Fsp3) is 0.385. The molecule has 1 fully saturated rings. The summed E-state index contributed by atoms with van der Waals surface area (Å²) in [5.74, 6) is -0.306. The van der Waals surface area contributed by atoms with Crippen molar-refractivity contribution in [2.75, 3.05) is 0 Å². The van der Waals surface area contributed by atoms with Crippen LogP contribution in [-0.4, -0.2) is 16.2 Å². The second-order valence-electron chi connectivity index (χ2n) is 4.67. The third kappa shape index (κ3) is 3.14. The number of rotatable bonds is 5. The third-order valence-electron chi connectivity index (χ3n) is 2.99. The Hall–Kier alpha value is -1.82. The van der Waals surface area contributed by atoms with E-state index in [1.807, 2.05) is 0 Å². The normalized spacial score (nSPS) is 14.8. The van der Waals surface area contributed by atoms with Crippen molar-refractivity contribution in [3.8, 4) is 0 Å². The van der Waals surface area contributed by atoms with Gasteiger partial charge in [0.2, 0.25) is 5.89 Å². The van der Waals surface area contributed by atoms with Gasteiger partial charge in [-0.1, -0.05) is 11.2 Å². The summed E-state index contributed by atoms with van der Waals surface area (Å²) >= 11 is 0. The average molecular weight is 265 g/mol. The van der Waals surface area contributed by atoms with Gasteiger partial charge in [0.15, 0.2) is 5.82 Å². The standard InChI is InChI=1S/C13H13F2N3O/c14-9-2-1-8(11(15)6-9)5-13-17-12(18-19-13)7-16-10-3-4-10/h1-2,6,10,16H,3-5,7H2. The van der Waals surface area contributed by atoms with Crippen LogP contribution in [0.4, 0.5) is 8.78 Å². The number of halogens is 2. The van der Waals surface area contributed by atoms with E-state index in [0.717, 1.165) is 6.07 Å². The molecule has 1 saturated carbocycles. The molecule has 0 bridgehead atoms. The van der Waals surface area contributed by atoms with Crippen molar-refractivity contribution in [1.82, 2.24) is 15.5 Å². The molecular weight excluding hydrogens is 252 g/mol. The minimum Gasteiger partial charge on any atom is -0.339 e. The molecule has 0 atom stereocenters. The first-order valence-electron chi connectivity index (χ1n) is 6.19. The molecular formula is C13H13F2N3O. The zero-order chi connectivity index (χ0) is 13.2. The van der Waals surface area contributed by atoms with Crippen molar-refractivity contribution in [3.63, 3.8) is 0 Å². The smallest absolute Gasteiger partial charge is 0.231 e. The Balaban J connectivity index is 1.65. The van der Waals surface area contributed by atoms with Gasteiger partial charge in [-0.3, -0.25) is 0 Å². The van der Waals surface area contributed by atoms with Gasteiger partial charge in [0.05, 0.1) is 13.0 Å². The molecule has 1 aliphatic rings. The van der Waals surface area contributed by atoms with E-state index in [9.17, 15) is 8.78 Å². The van der Waals surface area contributed by atoms with Gasteiger partial charge in [0.25, 0.3) is 0 Å². The number of nitrogens with one attached hydrogen (secondary N) is 1. The lowest BCUT2D eigenvalue weighted by Crippen LogP contribution is -2.16. The second kappa shape index (κ2) is 5.05. The molecule has 1 aromatic carbocycles. The van der Waals surface area contributed by atoms with Crippen LogP contribution in [0.25, 0.3) is 0 Å². The van der Waals surface area contributed by atoms with Gasteiger partial charge in [0.1, 0.15) is 11.6 Å². The highest BCUT2D eigenvalue weighted by molar-refractivity contribution is 5.21. The van der Waals surface area contributed by atoms with E-state index in [0.29, 0.717) is 29.9 Å². The first kappa shape index (κ1) is 12.2. The van der Waals surface area contributed by atoms with Crippen molar-refractivity contribution in [2.24, 2.45) is 0 Å². The lowest BCUT2D eigenvalue weighted by Gasteiger charge is -1.99. The molecule has 0 aliphatic heterocycles. The Labute approximate surface area is 108 Å². The molecule has 0 unspecified atom stereocenters. The predicted octanol–water partition coefficient (Wildman–Crippen LogP) is 2.19. The molecule has 1 aromatic heterocycles. The molecule has 6 heteroatoms. The lowest BCUT2D eigenvalue weighted by atomic mass is 10.1. The van der Waals surface area contributed by atoms with Crippen LogP contribution in [0.3, 0.4) is 0 Å². The first-order chi connectivity index (χ1) is 9.20. The molecule has 2 aromatic rings. The molecule has 0 radical (unpaired) electrons. The summed E-state index contributed by atoms with van der Waals surface area (Å²) in [7, 11) is 0. The van der Waals surface area contributed by atoms with Crippen LogP contribution in [-0.2, 0) is 13.0 Å². The summed E-state index contributed by atoms with van der Waals surface area (Å²) in [5.41, 5.74) is 0.340. The number of hydrogen-bond donors (Lipinski definition) is 1. The van der Waals surface area contributed by atoms with Crippen molar-refractivity contribution in [1.29, 1.82) is 0 Å². The highest BCUT2D eigenvalue weighted by Gasteiger charge is 2.21. The number of nitrogens with zero attached hydrogens (tertiary/aromatic N) is 2.